The molecule has 80 valence electrons. The van der Waals surface area contributed by atoms with Crippen LogP contribution in [0.15, 0.2) is 23.1 Å². The first-order chi connectivity index (χ1) is 7.09. The van der Waals surface area contributed by atoms with Gasteiger partial charge in [-0.3, -0.25) is 0 Å². The largest absolute Gasteiger partial charge is 0.126 e. The van der Waals surface area contributed by atoms with Crippen molar-refractivity contribution in [2.75, 3.05) is 5.75 Å². The third kappa shape index (κ3) is 2.81. The van der Waals surface area contributed by atoms with Gasteiger partial charge in [0.1, 0.15) is 7.85 Å². The Kier molecular flexibility index (Phi) is 4.33. The van der Waals surface area contributed by atoms with Crippen LogP contribution in [0, 0.1) is 0 Å². The van der Waals surface area contributed by atoms with Crippen molar-refractivity contribution in [2.45, 2.75) is 44.4 Å². The molecule has 2 radical (unpaired) electrons. The van der Waals surface area contributed by atoms with Gasteiger partial charge in [-0.15, -0.1) is 11.8 Å². The molecule has 0 aromatic heterocycles. The molecule has 0 amide bonds. The molecule has 1 aromatic rings. The van der Waals surface area contributed by atoms with Crippen molar-refractivity contribution < 1.29 is 0 Å². The number of hydrogen-bond donors (Lipinski definition) is 0. The van der Waals surface area contributed by atoms with Crippen LogP contribution in [0.5, 0.6) is 0 Å². The molecule has 0 saturated heterocycles. The molecular formula is C13H19BS. The lowest BCUT2D eigenvalue weighted by Gasteiger charge is -2.32. The van der Waals surface area contributed by atoms with Gasteiger partial charge in [-0.05, 0) is 29.2 Å². The van der Waals surface area contributed by atoms with Crippen LogP contribution in [0.3, 0.4) is 0 Å². The smallest absolute Gasteiger partial charge is 0.113 e. The Hall–Kier alpha value is -0.365. The summed E-state index contributed by atoms with van der Waals surface area (Å²) in [6, 6.07) is 6.27. The average molecular weight is 218 g/mol. The molecule has 15 heavy (non-hydrogen) atoms. The van der Waals surface area contributed by atoms with E-state index in [2.05, 4.69) is 26.0 Å². The molecule has 0 bridgehead atoms. The maximum Gasteiger partial charge on any atom is 0.113 e. The first-order valence-corrected chi connectivity index (χ1v) is 6.61. The van der Waals surface area contributed by atoms with Crippen LogP contribution in [-0.2, 0) is 5.41 Å². The van der Waals surface area contributed by atoms with Gasteiger partial charge in [0, 0.05) is 4.90 Å². The maximum absolute atomic E-state index is 5.79. The summed E-state index contributed by atoms with van der Waals surface area (Å²) in [6.07, 6.45) is 1.24. The van der Waals surface area contributed by atoms with Gasteiger partial charge >= 0.3 is 0 Å². The Bertz CT molecular complexity index is 331. The van der Waals surface area contributed by atoms with Gasteiger partial charge < -0.3 is 0 Å². The van der Waals surface area contributed by atoms with E-state index in [9.17, 15) is 0 Å². The molecule has 0 atom stereocenters. The predicted molar refractivity (Wildman–Crippen MR) is 71.5 cm³/mol. The number of thioether (sulfide) groups is 1. The van der Waals surface area contributed by atoms with Crippen LogP contribution < -0.4 is 5.46 Å². The molecule has 0 nitrogen and oxygen atoms in total. The van der Waals surface area contributed by atoms with E-state index in [1.54, 1.807) is 0 Å². The minimum Gasteiger partial charge on any atom is -0.126 e. The minimum absolute atomic E-state index is 0.302. The Labute approximate surface area is 99.3 Å². The molecular weight excluding hydrogens is 199 g/mol. The Morgan fingerprint density at radius 2 is 1.93 bits per heavy atom. The first-order valence-electron chi connectivity index (χ1n) is 5.62. The summed E-state index contributed by atoms with van der Waals surface area (Å²) in [4.78, 5) is 1.41. The van der Waals surface area contributed by atoms with Gasteiger partial charge in [0.2, 0.25) is 0 Å². The van der Waals surface area contributed by atoms with Crippen molar-refractivity contribution in [3.8, 4) is 0 Å². The molecule has 1 aliphatic rings. The number of hydrogen-bond acceptors (Lipinski definition) is 1. The van der Waals surface area contributed by atoms with Crippen molar-refractivity contribution in [2.24, 2.45) is 0 Å². The lowest BCUT2D eigenvalue weighted by atomic mass is 9.79. The van der Waals surface area contributed by atoms with Crippen molar-refractivity contribution in [1.82, 2.24) is 0 Å². The Morgan fingerprint density at radius 3 is 2.60 bits per heavy atom. The summed E-state index contributed by atoms with van der Waals surface area (Å²) in [5.74, 6) is 1.23. The fourth-order valence-electron chi connectivity index (χ4n) is 1.75. The lowest BCUT2D eigenvalue weighted by molar-refractivity contribution is 0.494. The number of benzene rings is 1. The Morgan fingerprint density at radius 1 is 1.27 bits per heavy atom. The monoisotopic (exact) mass is 218 g/mol. The molecule has 2 rings (SSSR count). The van der Waals surface area contributed by atoms with Gasteiger partial charge in [-0.25, -0.2) is 0 Å². The molecule has 0 N–H and O–H groups in total. The molecule has 1 aliphatic heterocycles. The quantitative estimate of drug-likeness (QED) is 0.602. The SMILES string of the molecule is CC.[B]c1ccc2c(c1)C(C)(C)CCS2. The van der Waals surface area contributed by atoms with Crippen LogP contribution >= 0.6 is 11.8 Å². The second-order valence-corrected chi connectivity index (χ2v) is 5.37. The minimum atomic E-state index is 0.302. The van der Waals surface area contributed by atoms with E-state index in [-0.39, 0.29) is 0 Å². The van der Waals surface area contributed by atoms with Crippen molar-refractivity contribution >= 4 is 25.1 Å². The molecule has 0 unspecified atom stereocenters. The second kappa shape index (κ2) is 5.11. The summed E-state index contributed by atoms with van der Waals surface area (Å²) in [6.45, 7) is 8.59. The van der Waals surface area contributed by atoms with Crippen LogP contribution in [-0.4, -0.2) is 13.6 Å². The average Bonchev–Trinajstić information content (AvgIpc) is 2.22. The molecule has 0 aliphatic carbocycles. The zero-order valence-electron chi connectivity index (χ0n) is 10.1. The standard InChI is InChI=1S/C11H13BS.C2H6/c1-11(2)5-6-13-10-4-3-8(12)7-9(10)11;1-2/h3-4,7H,5-6H2,1-2H3;1-2H3. The molecule has 1 heterocycles. The summed E-state index contributed by atoms with van der Waals surface area (Å²) in [5.41, 5.74) is 2.61. The fourth-order valence-corrected chi connectivity index (χ4v) is 3.24. The van der Waals surface area contributed by atoms with Crippen LogP contribution in [0.1, 0.15) is 39.7 Å². The molecule has 0 saturated carbocycles. The molecule has 0 fully saturated rings. The highest BCUT2D eigenvalue weighted by atomic mass is 32.2. The summed E-state index contributed by atoms with van der Waals surface area (Å²) >= 11 is 1.94. The molecule has 1 aromatic carbocycles. The van der Waals surface area contributed by atoms with Crippen molar-refractivity contribution in [3.63, 3.8) is 0 Å². The van der Waals surface area contributed by atoms with Crippen LogP contribution in [0.25, 0.3) is 0 Å². The van der Waals surface area contributed by atoms with E-state index in [0.29, 0.717) is 5.41 Å². The summed E-state index contributed by atoms with van der Waals surface area (Å²) < 4.78 is 0. The highest BCUT2D eigenvalue weighted by Gasteiger charge is 2.27. The number of rotatable bonds is 0. The van der Waals surface area contributed by atoms with Gasteiger partial charge in [0.15, 0.2) is 0 Å². The lowest BCUT2D eigenvalue weighted by Crippen LogP contribution is -2.24. The summed E-state index contributed by atoms with van der Waals surface area (Å²) in [7, 11) is 5.79. The van der Waals surface area contributed by atoms with Gasteiger partial charge in [0.25, 0.3) is 0 Å². The van der Waals surface area contributed by atoms with Gasteiger partial charge in [-0.2, -0.15) is 0 Å². The highest BCUT2D eigenvalue weighted by molar-refractivity contribution is 7.99. The predicted octanol–water partition coefficient (Wildman–Crippen LogP) is 3.28. The van der Waals surface area contributed by atoms with Crippen LogP contribution in [0.4, 0.5) is 0 Å². The zero-order valence-corrected chi connectivity index (χ0v) is 10.9. The van der Waals surface area contributed by atoms with E-state index in [1.807, 2.05) is 31.7 Å². The van der Waals surface area contributed by atoms with E-state index in [4.69, 9.17) is 7.85 Å². The molecule has 2 heteroatoms. The first kappa shape index (κ1) is 12.7. The highest BCUT2D eigenvalue weighted by Crippen LogP contribution is 2.40. The van der Waals surface area contributed by atoms with E-state index in [0.717, 1.165) is 5.46 Å². The van der Waals surface area contributed by atoms with E-state index >= 15 is 0 Å². The maximum atomic E-state index is 5.79. The Balaban J connectivity index is 0.000000531. The second-order valence-electron chi connectivity index (χ2n) is 4.24. The van der Waals surface area contributed by atoms with Crippen molar-refractivity contribution in [3.05, 3.63) is 23.8 Å². The fraction of sp³-hybridized carbons (Fsp3) is 0.538. The van der Waals surface area contributed by atoms with Crippen molar-refractivity contribution in [1.29, 1.82) is 0 Å². The van der Waals surface area contributed by atoms with Crippen LogP contribution in [0.2, 0.25) is 0 Å². The van der Waals surface area contributed by atoms with E-state index in [1.165, 1.54) is 22.6 Å². The van der Waals surface area contributed by atoms with E-state index < -0.39 is 0 Å². The third-order valence-corrected chi connectivity index (χ3v) is 3.79. The third-order valence-electron chi connectivity index (χ3n) is 2.72. The van der Waals surface area contributed by atoms with Gasteiger partial charge in [0.05, 0.1) is 0 Å². The summed E-state index contributed by atoms with van der Waals surface area (Å²) in [5, 5.41) is 0. The number of fused-ring (bicyclic) bond motifs is 1. The normalized spacial score (nSPS) is 17.3. The zero-order chi connectivity index (χ0) is 11.5. The molecule has 0 spiro atoms. The topological polar surface area (TPSA) is 0 Å². The van der Waals surface area contributed by atoms with Gasteiger partial charge in [-0.1, -0.05) is 45.3 Å².